The summed E-state index contributed by atoms with van der Waals surface area (Å²) in [5.74, 6) is 0. The predicted octanol–water partition coefficient (Wildman–Crippen LogP) is 3.14. The predicted molar refractivity (Wildman–Crippen MR) is 63.5 cm³/mol. The van der Waals surface area contributed by atoms with E-state index in [4.69, 9.17) is 5.11 Å². The fourth-order valence-corrected chi connectivity index (χ4v) is 2.16. The van der Waals surface area contributed by atoms with Gasteiger partial charge in [-0.15, -0.1) is 0 Å². The standard InChI is InChI=1S/C12H9F3N2OS/c13-12(14,15)9-3-4-10(17-6-9)19-11-8(7-18)2-1-5-16-11/h1-6,18H,7H2. The summed E-state index contributed by atoms with van der Waals surface area (Å²) in [7, 11) is 0. The molecule has 0 atom stereocenters. The van der Waals surface area contributed by atoms with Gasteiger partial charge in [0.2, 0.25) is 0 Å². The molecule has 0 unspecified atom stereocenters. The molecule has 0 aromatic carbocycles. The average Bonchev–Trinajstić information content (AvgIpc) is 2.39. The Morgan fingerprint density at radius 1 is 1.16 bits per heavy atom. The number of nitrogens with zero attached hydrogens (tertiary/aromatic N) is 2. The molecule has 2 rings (SSSR count). The van der Waals surface area contributed by atoms with Crippen LogP contribution in [0.5, 0.6) is 0 Å². The van der Waals surface area contributed by atoms with Gasteiger partial charge in [-0.25, -0.2) is 9.97 Å². The summed E-state index contributed by atoms with van der Waals surface area (Å²) < 4.78 is 37.1. The number of rotatable bonds is 3. The molecule has 0 spiro atoms. The molecule has 1 N–H and O–H groups in total. The Balaban J connectivity index is 2.20. The van der Waals surface area contributed by atoms with Crippen molar-refractivity contribution in [2.75, 3.05) is 0 Å². The largest absolute Gasteiger partial charge is 0.417 e. The van der Waals surface area contributed by atoms with Crippen LogP contribution in [-0.4, -0.2) is 15.1 Å². The number of hydrogen-bond acceptors (Lipinski definition) is 4. The first kappa shape index (κ1) is 13.8. The minimum absolute atomic E-state index is 0.184. The van der Waals surface area contributed by atoms with Gasteiger partial charge in [0.15, 0.2) is 0 Å². The quantitative estimate of drug-likeness (QED) is 0.941. The van der Waals surface area contributed by atoms with Crippen molar-refractivity contribution in [1.29, 1.82) is 0 Å². The molecule has 0 saturated heterocycles. The highest BCUT2D eigenvalue weighted by atomic mass is 32.2. The lowest BCUT2D eigenvalue weighted by Crippen LogP contribution is -2.05. The first-order valence-corrected chi connectivity index (χ1v) is 6.08. The van der Waals surface area contributed by atoms with Gasteiger partial charge < -0.3 is 5.11 Å². The Morgan fingerprint density at radius 2 is 1.95 bits per heavy atom. The second-order valence-electron chi connectivity index (χ2n) is 3.61. The number of halogens is 3. The molecule has 0 radical (unpaired) electrons. The highest BCUT2D eigenvalue weighted by molar-refractivity contribution is 7.99. The zero-order valence-electron chi connectivity index (χ0n) is 9.55. The van der Waals surface area contributed by atoms with Crippen LogP contribution in [-0.2, 0) is 12.8 Å². The summed E-state index contributed by atoms with van der Waals surface area (Å²) in [5, 5.41) is 10.0. The number of pyridine rings is 2. The molecule has 0 aliphatic carbocycles. The molecular formula is C12H9F3N2OS. The van der Waals surface area contributed by atoms with Crippen LogP contribution >= 0.6 is 11.8 Å². The number of hydrogen-bond donors (Lipinski definition) is 1. The first-order chi connectivity index (χ1) is 9.00. The maximum atomic E-state index is 12.4. The fourth-order valence-electron chi connectivity index (χ4n) is 1.34. The van der Waals surface area contributed by atoms with Gasteiger partial charge in [0, 0.05) is 18.0 Å². The third-order valence-corrected chi connectivity index (χ3v) is 3.30. The molecule has 100 valence electrons. The van der Waals surface area contributed by atoms with Crippen molar-refractivity contribution >= 4 is 11.8 Å². The van der Waals surface area contributed by atoms with E-state index in [-0.39, 0.29) is 6.61 Å². The highest BCUT2D eigenvalue weighted by Gasteiger charge is 2.30. The van der Waals surface area contributed by atoms with Crippen molar-refractivity contribution in [2.24, 2.45) is 0 Å². The van der Waals surface area contributed by atoms with E-state index in [0.29, 0.717) is 15.6 Å². The zero-order chi connectivity index (χ0) is 13.9. The van der Waals surface area contributed by atoms with Gasteiger partial charge in [-0.2, -0.15) is 13.2 Å². The third-order valence-electron chi connectivity index (χ3n) is 2.29. The van der Waals surface area contributed by atoms with Gasteiger partial charge >= 0.3 is 6.18 Å². The van der Waals surface area contributed by atoms with E-state index in [9.17, 15) is 13.2 Å². The minimum atomic E-state index is -4.39. The Hall–Kier alpha value is -1.60. The van der Waals surface area contributed by atoms with E-state index in [1.54, 1.807) is 18.3 Å². The molecule has 2 aromatic heterocycles. The van der Waals surface area contributed by atoms with Crippen LogP contribution < -0.4 is 0 Å². The number of aliphatic hydroxyl groups excluding tert-OH is 1. The van der Waals surface area contributed by atoms with E-state index < -0.39 is 11.7 Å². The lowest BCUT2D eigenvalue weighted by Gasteiger charge is -2.07. The smallest absolute Gasteiger partial charge is 0.392 e. The maximum Gasteiger partial charge on any atom is 0.417 e. The molecule has 3 nitrogen and oxygen atoms in total. The number of aromatic nitrogens is 2. The molecule has 2 heterocycles. The van der Waals surface area contributed by atoms with Crippen molar-refractivity contribution < 1.29 is 18.3 Å². The van der Waals surface area contributed by atoms with E-state index in [1.807, 2.05) is 0 Å². The lowest BCUT2D eigenvalue weighted by atomic mass is 10.3. The molecule has 0 aliphatic heterocycles. The minimum Gasteiger partial charge on any atom is -0.392 e. The molecule has 0 fully saturated rings. The molecule has 7 heteroatoms. The Kier molecular flexibility index (Phi) is 4.06. The number of aliphatic hydroxyl groups is 1. The van der Waals surface area contributed by atoms with Crippen LogP contribution in [0.4, 0.5) is 13.2 Å². The Bertz CT molecular complexity index is 558. The Labute approximate surface area is 111 Å². The zero-order valence-corrected chi connectivity index (χ0v) is 10.4. The maximum absolute atomic E-state index is 12.4. The summed E-state index contributed by atoms with van der Waals surface area (Å²) >= 11 is 1.11. The molecule has 0 aliphatic rings. The van der Waals surface area contributed by atoms with Crippen LogP contribution in [0.15, 0.2) is 46.7 Å². The van der Waals surface area contributed by atoms with Crippen molar-refractivity contribution in [3.63, 3.8) is 0 Å². The molecular weight excluding hydrogens is 277 g/mol. The average molecular weight is 286 g/mol. The van der Waals surface area contributed by atoms with E-state index in [1.165, 1.54) is 6.07 Å². The van der Waals surface area contributed by atoms with Crippen LogP contribution in [0, 0.1) is 0 Å². The topological polar surface area (TPSA) is 46.0 Å². The summed E-state index contributed by atoms with van der Waals surface area (Å²) in [6.07, 6.45) is -2.06. The SMILES string of the molecule is OCc1cccnc1Sc1ccc(C(F)(F)F)cn1. The monoisotopic (exact) mass is 286 g/mol. The molecule has 19 heavy (non-hydrogen) atoms. The van der Waals surface area contributed by atoms with Crippen LogP contribution in [0.25, 0.3) is 0 Å². The number of alkyl halides is 3. The normalized spacial score (nSPS) is 11.6. The first-order valence-electron chi connectivity index (χ1n) is 5.26. The molecule has 2 aromatic rings. The molecule has 0 bridgehead atoms. The second kappa shape index (κ2) is 5.58. The summed E-state index contributed by atoms with van der Waals surface area (Å²) in [6, 6.07) is 5.62. The fraction of sp³-hybridized carbons (Fsp3) is 0.167. The molecule has 0 amide bonds. The third kappa shape index (κ3) is 3.45. The van der Waals surface area contributed by atoms with Gasteiger partial charge in [-0.05, 0) is 30.0 Å². The van der Waals surface area contributed by atoms with Crippen LogP contribution in [0.2, 0.25) is 0 Å². The summed E-state index contributed by atoms with van der Waals surface area (Å²) in [5.41, 5.74) is -0.186. The van der Waals surface area contributed by atoms with Gasteiger partial charge in [0.1, 0.15) is 10.1 Å². The van der Waals surface area contributed by atoms with Crippen LogP contribution in [0.3, 0.4) is 0 Å². The van der Waals surface area contributed by atoms with Crippen molar-refractivity contribution in [2.45, 2.75) is 22.8 Å². The highest BCUT2D eigenvalue weighted by Crippen LogP contribution is 2.31. The Morgan fingerprint density at radius 3 is 2.53 bits per heavy atom. The lowest BCUT2D eigenvalue weighted by molar-refractivity contribution is -0.137. The summed E-state index contributed by atoms with van der Waals surface area (Å²) in [4.78, 5) is 7.79. The van der Waals surface area contributed by atoms with Gasteiger partial charge in [-0.3, -0.25) is 0 Å². The van der Waals surface area contributed by atoms with Gasteiger partial charge in [-0.1, -0.05) is 6.07 Å². The molecule has 0 saturated carbocycles. The van der Waals surface area contributed by atoms with Crippen molar-refractivity contribution in [1.82, 2.24) is 9.97 Å². The van der Waals surface area contributed by atoms with Gasteiger partial charge in [0.05, 0.1) is 12.2 Å². The summed E-state index contributed by atoms with van der Waals surface area (Å²) in [6.45, 7) is -0.184. The van der Waals surface area contributed by atoms with Crippen LogP contribution in [0.1, 0.15) is 11.1 Å². The van der Waals surface area contributed by atoms with Crippen molar-refractivity contribution in [3.05, 3.63) is 47.8 Å². The van der Waals surface area contributed by atoms with E-state index >= 15 is 0 Å². The van der Waals surface area contributed by atoms with Gasteiger partial charge in [0.25, 0.3) is 0 Å². The van der Waals surface area contributed by atoms with E-state index in [0.717, 1.165) is 24.0 Å². The van der Waals surface area contributed by atoms with E-state index in [2.05, 4.69) is 9.97 Å². The van der Waals surface area contributed by atoms with Crippen molar-refractivity contribution in [3.8, 4) is 0 Å². The second-order valence-corrected chi connectivity index (χ2v) is 4.62.